The van der Waals surface area contributed by atoms with Crippen LogP contribution in [-0.2, 0) is 10.6 Å². The van der Waals surface area contributed by atoms with Gasteiger partial charge in [0, 0.05) is 26.0 Å². The summed E-state index contributed by atoms with van der Waals surface area (Å²) in [6, 6.07) is 4.76. The molecule has 1 unspecified atom stereocenters. The molecule has 0 aromatic heterocycles. The smallest absolute Gasteiger partial charge is 0.165 e. The van der Waals surface area contributed by atoms with Gasteiger partial charge in [-0.1, -0.05) is 6.07 Å². The van der Waals surface area contributed by atoms with Crippen molar-refractivity contribution in [2.45, 2.75) is 25.3 Å². The molecule has 1 aromatic rings. The molecule has 0 N–H and O–H groups in total. The molecule has 0 radical (unpaired) electrons. The lowest BCUT2D eigenvalue weighted by Crippen LogP contribution is -2.14. The highest BCUT2D eigenvalue weighted by molar-refractivity contribution is 6.17. The lowest BCUT2D eigenvalue weighted by Gasteiger charge is -2.15. The van der Waals surface area contributed by atoms with Gasteiger partial charge in [-0.05, 0) is 24.6 Å². The number of benzene rings is 1. The fourth-order valence-corrected chi connectivity index (χ4v) is 1.45. The summed E-state index contributed by atoms with van der Waals surface area (Å²) in [7, 11) is 1.63. The van der Waals surface area contributed by atoms with Gasteiger partial charge in [-0.25, -0.2) is 4.39 Å². The van der Waals surface area contributed by atoms with E-state index in [9.17, 15) is 4.39 Å². The molecular formula is C12H16ClFO2. The lowest BCUT2D eigenvalue weighted by molar-refractivity contribution is 0.132. The maximum Gasteiger partial charge on any atom is 0.165 e. The average Bonchev–Trinajstić information content (AvgIpc) is 2.29. The van der Waals surface area contributed by atoms with Crippen LogP contribution in [0.2, 0.25) is 0 Å². The molecule has 90 valence electrons. The van der Waals surface area contributed by atoms with E-state index < -0.39 is 0 Å². The van der Waals surface area contributed by atoms with Gasteiger partial charge in [-0.3, -0.25) is 0 Å². The van der Waals surface area contributed by atoms with Crippen molar-refractivity contribution in [3.63, 3.8) is 0 Å². The Morgan fingerprint density at radius 3 is 2.75 bits per heavy atom. The van der Waals surface area contributed by atoms with Crippen molar-refractivity contribution in [1.29, 1.82) is 0 Å². The number of hydrogen-bond donors (Lipinski definition) is 0. The van der Waals surface area contributed by atoms with E-state index in [1.54, 1.807) is 19.2 Å². The third-order valence-corrected chi connectivity index (χ3v) is 2.52. The van der Waals surface area contributed by atoms with E-state index in [0.717, 1.165) is 12.0 Å². The second-order valence-electron chi connectivity index (χ2n) is 3.61. The van der Waals surface area contributed by atoms with Crippen LogP contribution in [0.1, 0.15) is 18.9 Å². The molecule has 0 saturated heterocycles. The highest BCUT2D eigenvalue weighted by atomic mass is 35.5. The molecule has 0 fully saturated rings. The van der Waals surface area contributed by atoms with Gasteiger partial charge in [0.1, 0.15) is 0 Å². The maximum absolute atomic E-state index is 13.5. The van der Waals surface area contributed by atoms with E-state index >= 15 is 0 Å². The Morgan fingerprint density at radius 1 is 1.44 bits per heavy atom. The molecule has 0 spiro atoms. The highest BCUT2D eigenvalue weighted by Crippen LogP contribution is 2.21. The van der Waals surface area contributed by atoms with E-state index in [0.29, 0.717) is 12.5 Å². The lowest BCUT2D eigenvalue weighted by atomic mass is 10.2. The number of ether oxygens (including phenoxy) is 2. The fraction of sp³-hybridized carbons (Fsp3) is 0.500. The van der Waals surface area contributed by atoms with E-state index in [2.05, 4.69) is 0 Å². The summed E-state index contributed by atoms with van der Waals surface area (Å²) in [4.78, 5) is 0. The van der Waals surface area contributed by atoms with E-state index in [4.69, 9.17) is 21.1 Å². The maximum atomic E-state index is 13.5. The highest BCUT2D eigenvalue weighted by Gasteiger charge is 2.08. The summed E-state index contributed by atoms with van der Waals surface area (Å²) >= 11 is 5.60. The number of methoxy groups -OCH3 is 1. The van der Waals surface area contributed by atoms with Gasteiger partial charge in [-0.2, -0.15) is 0 Å². The second-order valence-corrected chi connectivity index (χ2v) is 3.88. The first kappa shape index (κ1) is 13.3. The molecule has 0 aliphatic heterocycles. The molecule has 1 rings (SSSR count). The Bertz CT molecular complexity index is 331. The average molecular weight is 247 g/mol. The largest absolute Gasteiger partial charge is 0.488 e. The Labute approximate surface area is 100 Å². The van der Waals surface area contributed by atoms with Crippen LogP contribution in [0, 0.1) is 5.82 Å². The quantitative estimate of drug-likeness (QED) is 0.717. The minimum atomic E-state index is -0.373. The summed E-state index contributed by atoms with van der Waals surface area (Å²) in [5, 5.41) is 0. The van der Waals surface area contributed by atoms with Crippen LogP contribution in [-0.4, -0.2) is 19.8 Å². The predicted octanol–water partition coefficient (Wildman–Crippen LogP) is 3.37. The third-order valence-electron chi connectivity index (χ3n) is 2.21. The molecule has 0 aliphatic rings. The van der Waals surface area contributed by atoms with Crippen molar-refractivity contribution in [1.82, 2.24) is 0 Å². The van der Waals surface area contributed by atoms with Crippen molar-refractivity contribution in [2.24, 2.45) is 0 Å². The van der Waals surface area contributed by atoms with Gasteiger partial charge < -0.3 is 9.47 Å². The van der Waals surface area contributed by atoms with Crippen LogP contribution < -0.4 is 4.74 Å². The monoisotopic (exact) mass is 246 g/mol. The molecule has 0 heterocycles. The summed E-state index contributed by atoms with van der Waals surface area (Å²) in [6.45, 7) is 2.48. The van der Waals surface area contributed by atoms with Crippen LogP contribution in [0.25, 0.3) is 0 Å². The van der Waals surface area contributed by atoms with Gasteiger partial charge in [-0.15, -0.1) is 11.6 Å². The van der Waals surface area contributed by atoms with E-state index in [1.807, 2.05) is 6.92 Å². The summed E-state index contributed by atoms with van der Waals surface area (Å²) in [5.41, 5.74) is 0.746. The Hall–Kier alpha value is -0.800. The molecule has 0 saturated carbocycles. The summed E-state index contributed by atoms with van der Waals surface area (Å²) in [5.74, 6) is 0.191. The first-order valence-corrected chi connectivity index (χ1v) is 5.70. The molecule has 4 heteroatoms. The molecule has 16 heavy (non-hydrogen) atoms. The number of hydrogen-bond acceptors (Lipinski definition) is 2. The van der Waals surface area contributed by atoms with Crippen LogP contribution in [0.4, 0.5) is 4.39 Å². The van der Waals surface area contributed by atoms with Crippen LogP contribution in [0.3, 0.4) is 0 Å². The fourth-order valence-electron chi connectivity index (χ4n) is 1.28. The van der Waals surface area contributed by atoms with Gasteiger partial charge >= 0.3 is 0 Å². The summed E-state index contributed by atoms with van der Waals surface area (Å²) in [6.07, 6.45) is 0.656. The number of halogens is 2. The van der Waals surface area contributed by atoms with Gasteiger partial charge in [0.15, 0.2) is 11.6 Å². The molecule has 1 aromatic carbocycles. The van der Waals surface area contributed by atoms with Crippen LogP contribution in [0.5, 0.6) is 5.75 Å². The first-order valence-electron chi connectivity index (χ1n) is 5.17. The zero-order valence-corrected chi connectivity index (χ0v) is 10.3. The van der Waals surface area contributed by atoms with E-state index in [-0.39, 0.29) is 17.7 Å². The number of rotatable bonds is 6. The Balaban J connectivity index is 2.59. The Kier molecular flexibility index (Phi) is 5.56. The number of alkyl halides is 1. The molecule has 0 amide bonds. The van der Waals surface area contributed by atoms with Gasteiger partial charge in [0.05, 0.1) is 6.10 Å². The van der Waals surface area contributed by atoms with Crippen molar-refractivity contribution >= 4 is 11.6 Å². The van der Waals surface area contributed by atoms with Gasteiger partial charge in [0.25, 0.3) is 0 Å². The van der Waals surface area contributed by atoms with Crippen molar-refractivity contribution in [3.8, 4) is 5.75 Å². The van der Waals surface area contributed by atoms with Crippen LogP contribution >= 0.6 is 11.6 Å². The molecule has 0 aliphatic carbocycles. The molecule has 2 nitrogen and oxygen atoms in total. The zero-order valence-electron chi connectivity index (χ0n) is 9.50. The minimum Gasteiger partial charge on any atom is -0.488 e. The topological polar surface area (TPSA) is 18.5 Å². The summed E-state index contributed by atoms with van der Waals surface area (Å²) < 4.78 is 23.9. The van der Waals surface area contributed by atoms with Crippen molar-refractivity contribution in [3.05, 3.63) is 29.6 Å². The van der Waals surface area contributed by atoms with Gasteiger partial charge in [0.2, 0.25) is 0 Å². The first-order chi connectivity index (χ1) is 7.67. The van der Waals surface area contributed by atoms with Crippen molar-refractivity contribution in [2.75, 3.05) is 13.7 Å². The SMILES string of the molecule is COCCC(C)Oc1ccc(CCl)cc1F. The Morgan fingerprint density at radius 2 is 2.19 bits per heavy atom. The minimum absolute atomic E-state index is 0.0729. The van der Waals surface area contributed by atoms with Crippen molar-refractivity contribution < 1.29 is 13.9 Å². The molecule has 0 bridgehead atoms. The molecular weight excluding hydrogens is 231 g/mol. The van der Waals surface area contributed by atoms with Crippen LogP contribution in [0.15, 0.2) is 18.2 Å². The normalized spacial score (nSPS) is 12.5. The standard InChI is InChI=1S/C12H16ClFO2/c1-9(5-6-15-2)16-12-4-3-10(8-13)7-11(12)14/h3-4,7,9H,5-6,8H2,1-2H3. The third kappa shape index (κ3) is 3.99. The predicted molar refractivity (Wildman–Crippen MR) is 62.5 cm³/mol. The van der Waals surface area contributed by atoms with E-state index in [1.165, 1.54) is 6.07 Å². The second kappa shape index (κ2) is 6.71. The molecule has 1 atom stereocenters. The zero-order chi connectivity index (χ0) is 12.0.